The lowest BCUT2D eigenvalue weighted by atomic mass is 10.1. The Balaban J connectivity index is 2.10. The van der Waals surface area contributed by atoms with Gasteiger partial charge in [0.15, 0.2) is 0 Å². The van der Waals surface area contributed by atoms with E-state index in [4.69, 9.17) is 0 Å². The standard InChI is InChI=1S/C14H17N3O/c1-10-9-13(17(3)16-10)14(18)15-11(2)12-7-5-4-6-8-12/h4-9,11H,1-3H3,(H,15,18). The fourth-order valence-electron chi connectivity index (χ4n) is 1.92. The maximum absolute atomic E-state index is 12.1. The Bertz CT molecular complexity index is 545. The molecule has 0 saturated heterocycles. The Morgan fingerprint density at radius 1 is 1.33 bits per heavy atom. The number of hydrogen-bond acceptors (Lipinski definition) is 2. The highest BCUT2D eigenvalue weighted by Crippen LogP contribution is 2.12. The van der Waals surface area contributed by atoms with Crippen molar-refractivity contribution < 1.29 is 4.79 Å². The van der Waals surface area contributed by atoms with Gasteiger partial charge in [-0.25, -0.2) is 0 Å². The Hall–Kier alpha value is -2.10. The van der Waals surface area contributed by atoms with Gasteiger partial charge in [0.2, 0.25) is 0 Å². The van der Waals surface area contributed by atoms with Crippen LogP contribution in [0.15, 0.2) is 36.4 Å². The highest BCUT2D eigenvalue weighted by molar-refractivity contribution is 5.92. The molecule has 1 heterocycles. The molecule has 0 bridgehead atoms. The zero-order valence-electron chi connectivity index (χ0n) is 10.8. The predicted molar refractivity (Wildman–Crippen MR) is 70.3 cm³/mol. The van der Waals surface area contributed by atoms with Crippen LogP contribution in [0.2, 0.25) is 0 Å². The molecular formula is C14H17N3O. The molecule has 94 valence electrons. The van der Waals surface area contributed by atoms with Crippen LogP contribution in [0.4, 0.5) is 0 Å². The lowest BCUT2D eigenvalue weighted by Crippen LogP contribution is -2.28. The molecule has 1 N–H and O–H groups in total. The third-order valence-electron chi connectivity index (χ3n) is 2.88. The summed E-state index contributed by atoms with van der Waals surface area (Å²) in [6.45, 7) is 3.84. The van der Waals surface area contributed by atoms with Crippen molar-refractivity contribution >= 4 is 5.91 Å². The molecule has 0 spiro atoms. The van der Waals surface area contributed by atoms with Crippen LogP contribution in [0.1, 0.15) is 34.7 Å². The van der Waals surface area contributed by atoms with Gasteiger partial charge < -0.3 is 5.32 Å². The SMILES string of the molecule is Cc1cc(C(=O)NC(C)c2ccccc2)n(C)n1. The van der Waals surface area contributed by atoms with Crippen LogP contribution in [0.5, 0.6) is 0 Å². The molecule has 2 rings (SSSR count). The van der Waals surface area contributed by atoms with Crippen LogP contribution in [-0.2, 0) is 7.05 Å². The lowest BCUT2D eigenvalue weighted by molar-refractivity contribution is 0.0930. The summed E-state index contributed by atoms with van der Waals surface area (Å²) in [6, 6.07) is 11.7. The summed E-state index contributed by atoms with van der Waals surface area (Å²) in [5.74, 6) is -0.102. The van der Waals surface area contributed by atoms with Gasteiger partial charge in [-0.1, -0.05) is 30.3 Å². The van der Waals surface area contributed by atoms with E-state index in [-0.39, 0.29) is 11.9 Å². The van der Waals surface area contributed by atoms with Crippen molar-refractivity contribution in [2.45, 2.75) is 19.9 Å². The summed E-state index contributed by atoms with van der Waals surface area (Å²) in [5, 5.41) is 7.13. The quantitative estimate of drug-likeness (QED) is 0.898. The van der Waals surface area contributed by atoms with Crippen LogP contribution in [0.25, 0.3) is 0 Å². The van der Waals surface area contributed by atoms with Crippen LogP contribution < -0.4 is 5.32 Å². The van der Waals surface area contributed by atoms with Gasteiger partial charge in [-0.3, -0.25) is 9.48 Å². The normalized spacial score (nSPS) is 12.2. The van der Waals surface area contributed by atoms with Crippen molar-refractivity contribution in [3.63, 3.8) is 0 Å². The number of carbonyl (C=O) groups is 1. The minimum absolute atomic E-state index is 0.0195. The van der Waals surface area contributed by atoms with E-state index in [1.165, 1.54) is 0 Å². The molecule has 1 aromatic heterocycles. The number of aromatic nitrogens is 2. The summed E-state index contributed by atoms with van der Waals surface area (Å²) in [7, 11) is 1.77. The highest BCUT2D eigenvalue weighted by atomic mass is 16.2. The van der Waals surface area contributed by atoms with Gasteiger partial charge in [0.25, 0.3) is 5.91 Å². The number of benzene rings is 1. The molecule has 1 unspecified atom stereocenters. The Kier molecular flexibility index (Phi) is 3.46. The molecule has 0 aliphatic heterocycles. The van der Waals surface area contributed by atoms with E-state index in [2.05, 4.69) is 10.4 Å². The minimum atomic E-state index is -0.102. The number of aryl methyl sites for hydroxylation is 2. The number of carbonyl (C=O) groups excluding carboxylic acids is 1. The number of nitrogens with zero attached hydrogens (tertiary/aromatic N) is 2. The van der Waals surface area contributed by atoms with Crippen molar-refractivity contribution in [3.05, 3.63) is 53.3 Å². The summed E-state index contributed by atoms with van der Waals surface area (Å²) >= 11 is 0. The van der Waals surface area contributed by atoms with Crippen molar-refractivity contribution in [2.24, 2.45) is 7.05 Å². The first-order valence-corrected chi connectivity index (χ1v) is 5.94. The Labute approximate surface area is 107 Å². The number of hydrogen-bond donors (Lipinski definition) is 1. The molecule has 1 aromatic carbocycles. The predicted octanol–water partition coefficient (Wildman–Crippen LogP) is 2.22. The molecule has 0 aliphatic rings. The molecule has 0 aliphatic carbocycles. The zero-order valence-corrected chi connectivity index (χ0v) is 10.8. The van der Waals surface area contributed by atoms with E-state index in [1.54, 1.807) is 17.8 Å². The van der Waals surface area contributed by atoms with E-state index in [0.717, 1.165) is 11.3 Å². The van der Waals surface area contributed by atoms with Crippen LogP contribution in [0, 0.1) is 6.92 Å². The summed E-state index contributed by atoms with van der Waals surface area (Å²) in [5.41, 5.74) is 2.51. The Morgan fingerprint density at radius 3 is 2.56 bits per heavy atom. The number of amides is 1. The van der Waals surface area contributed by atoms with Crippen molar-refractivity contribution in [1.82, 2.24) is 15.1 Å². The fourth-order valence-corrected chi connectivity index (χ4v) is 1.92. The zero-order chi connectivity index (χ0) is 13.1. The van der Waals surface area contributed by atoms with Crippen LogP contribution in [-0.4, -0.2) is 15.7 Å². The average molecular weight is 243 g/mol. The van der Waals surface area contributed by atoms with Crippen molar-refractivity contribution in [2.75, 3.05) is 0 Å². The van der Waals surface area contributed by atoms with Crippen molar-refractivity contribution in [1.29, 1.82) is 0 Å². The second kappa shape index (κ2) is 5.04. The molecule has 1 amide bonds. The van der Waals surface area contributed by atoms with Crippen LogP contribution in [0.3, 0.4) is 0 Å². The fraction of sp³-hybridized carbons (Fsp3) is 0.286. The maximum Gasteiger partial charge on any atom is 0.270 e. The lowest BCUT2D eigenvalue weighted by Gasteiger charge is -2.14. The van der Waals surface area contributed by atoms with Crippen molar-refractivity contribution in [3.8, 4) is 0 Å². The van der Waals surface area contributed by atoms with E-state index < -0.39 is 0 Å². The molecule has 0 radical (unpaired) electrons. The average Bonchev–Trinajstić information content (AvgIpc) is 2.69. The molecule has 2 aromatic rings. The van der Waals surface area contributed by atoms with E-state index in [9.17, 15) is 4.79 Å². The summed E-state index contributed by atoms with van der Waals surface area (Å²) in [4.78, 5) is 12.1. The van der Waals surface area contributed by atoms with Gasteiger partial charge in [0.05, 0.1) is 11.7 Å². The summed E-state index contributed by atoms with van der Waals surface area (Å²) < 4.78 is 1.60. The molecule has 4 nitrogen and oxygen atoms in total. The summed E-state index contributed by atoms with van der Waals surface area (Å²) in [6.07, 6.45) is 0. The first-order valence-electron chi connectivity index (χ1n) is 5.94. The van der Waals surface area contributed by atoms with Gasteiger partial charge in [0, 0.05) is 7.05 Å². The van der Waals surface area contributed by atoms with Gasteiger partial charge in [-0.2, -0.15) is 5.10 Å². The molecule has 1 atom stereocenters. The van der Waals surface area contributed by atoms with Gasteiger partial charge >= 0.3 is 0 Å². The van der Waals surface area contributed by atoms with E-state index >= 15 is 0 Å². The van der Waals surface area contributed by atoms with E-state index in [0.29, 0.717) is 5.69 Å². The molecule has 4 heteroatoms. The van der Waals surface area contributed by atoms with Gasteiger partial charge in [0.1, 0.15) is 5.69 Å². The molecule has 0 saturated carbocycles. The second-order valence-corrected chi connectivity index (χ2v) is 4.40. The molecule has 0 fully saturated rings. The number of rotatable bonds is 3. The van der Waals surface area contributed by atoms with Gasteiger partial charge in [-0.05, 0) is 25.5 Å². The molecular weight excluding hydrogens is 226 g/mol. The molecule has 18 heavy (non-hydrogen) atoms. The Morgan fingerprint density at radius 2 is 2.00 bits per heavy atom. The first kappa shape index (κ1) is 12.4. The van der Waals surface area contributed by atoms with Gasteiger partial charge in [-0.15, -0.1) is 0 Å². The van der Waals surface area contributed by atoms with E-state index in [1.807, 2.05) is 44.2 Å². The smallest absolute Gasteiger partial charge is 0.270 e. The third kappa shape index (κ3) is 2.59. The van der Waals surface area contributed by atoms with Crippen LogP contribution >= 0.6 is 0 Å². The monoisotopic (exact) mass is 243 g/mol. The minimum Gasteiger partial charge on any atom is -0.344 e. The first-order chi connectivity index (χ1) is 8.58. The topological polar surface area (TPSA) is 46.9 Å². The maximum atomic E-state index is 12.1. The highest BCUT2D eigenvalue weighted by Gasteiger charge is 2.14. The number of nitrogens with one attached hydrogen (secondary N) is 1. The largest absolute Gasteiger partial charge is 0.344 e. The second-order valence-electron chi connectivity index (χ2n) is 4.40. The third-order valence-corrected chi connectivity index (χ3v) is 2.88.